The Bertz CT molecular complexity index is 1140. The summed E-state index contributed by atoms with van der Waals surface area (Å²) in [7, 11) is -3.28. The first kappa shape index (κ1) is 20.4. The van der Waals surface area contributed by atoms with Crippen LogP contribution in [-0.4, -0.2) is 47.0 Å². The van der Waals surface area contributed by atoms with Crippen molar-refractivity contribution in [3.63, 3.8) is 0 Å². The smallest absolute Gasteiger partial charge is 0.211 e. The van der Waals surface area contributed by atoms with Gasteiger partial charge in [-0.3, -0.25) is 4.98 Å². The van der Waals surface area contributed by atoms with E-state index < -0.39 is 10.0 Å². The minimum Gasteiger partial charge on any atom is -0.340 e. The molecule has 1 saturated heterocycles. The Morgan fingerprint density at radius 1 is 1.17 bits per heavy atom. The summed E-state index contributed by atoms with van der Waals surface area (Å²) in [5.74, 6) is 0.598. The molecule has 3 aromatic rings. The first-order chi connectivity index (χ1) is 14.4. The van der Waals surface area contributed by atoms with E-state index in [9.17, 15) is 12.8 Å². The third kappa shape index (κ3) is 4.80. The highest BCUT2D eigenvalue weighted by Crippen LogP contribution is 2.30. The topological polar surface area (TPSA) is 88.1 Å². The van der Waals surface area contributed by atoms with Gasteiger partial charge in [0.2, 0.25) is 10.0 Å². The molecule has 3 heterocycles. The van der Waals surface area contributed by atoms with Gasteiger partial charge in [0, 0.05) is 48.7 Å². The Morgan fingerprint density at radius 3 is 2.77 bits per heavy atom. The van der Waals surface area contributed by atoms with Crippen molar-refractivity contribution in [2.75, 3.05) is 24.7 Å². The molecule has 0 aliphatic carbocycles. The maximum atomic E-state index is 13.6. The molecule has 0 radical (unpaired) electrons. The van der Waals surface area contributed by atoms with Crippen molar-refractivity contribution in [3.8, 4) is 11.3 Å². The van der Waals surface area contributed by atoms with Gasteiger partial charge in [-0.05, 0) is 43.2 Å². The monoisotopic (exact) mass is 427 g/mol. The van der Waals surface area contributed by atoms with Crippen molar-refractivity contribution >= 4 is 21.5 Å². The standard InChI is InChI=1S/C21H22FN5O2S/c1-30(28,29)27-10-4-6-16(14-27)21-25-19(15-5-3-9-23-13-15)12-20(26-21)24-18-8-2-7-17(22)11-18/h2-3,5,7-9,11-13,16H,4,6,10,14H2,1H3,(H,24,25,26). The Balaban J connectivity index is 1.72. The molecule has 4 rings (SSSR count). The van der Waals surface area contributed by atoms with Gasteiger partial charge in [0.25, 0.3) is 0 Å². The van der Waals surface area contributed by atoms with Crippen LogP contribution in [0, 0.1) is 5.82 Å². The average molecular weight is 428 g/mol. The van der Waals surface area contributed by atoms with Crippen LogP contribution in [0.5, 0.6) is 0 Å². The number of benzene rings is 1. The molecule has 1 aromatic carbocycles. The molecule has 0 spiro atoms. The van der Waals surface area contributed by atoms with E-state index in [2.05, 4.69) is 15.3 Å². The minimum atomic E-state index is -3.28. The molecular weight excluding hydrogens is 405 g/mol. The van der Waals surface area contributed by atoms with Gasteiger partial charge in [0.15, 0.2) is 0 Å². The number of anilines is 2. The van der Waals surface area contributed by atoms with Crippen LogP contribution < -0.4 is 5.32 Å². The molecule has 2 aromatic heterocycles. The molecule has 1 fully saturated rings. The molecule has 0 amide bonds. The van der Waals surface area contributed by atoms with Crippen LogP contribution in [-0.2, 0) is 10.0 Å². The molecule has 9 heteroatoms. The summed E-state index contributed by atoms with van der Waals surface area (Å²) < 4.78 is 39.1. The van der Waals surface area contributed by atoms with Crippen molar-refractivity contribution in [1.29, 1.82) is 0 Å². The number of hydrogen-bond donors (Lipinski definition) is 1. The van der Waals surface area contributed by atoms with Gasteiger partial charge in [-0.2, -0.15) is 0 Å². The molecular formula is C21H22FN5O2S. The maximum Gasteiger partial charge on any atom is 0.211 e. The highest BCUT2D eigenvalue weighted by molar-refractivity contribution is 7.88. The number of hydrogen-bond acceptors (Lipinski definition) is 6. The van der Waals surface area contributed by atoms with E-state index >= 15 is 0 Å². The number of sulfonamides is 1. The summed E-state index contributed by atoms with van der Waals surface area (Å²) in [6, 6.07) is 11.6. The van der Waals surface area contributed by atoms with Crippen LogP contribution in [0.15, 0.2) is 54.9 Å². The summed E-state index contributed by atoms with van der Waals surface area (Å²) >= 11 is 0. The fourth-order valence-electron chi connectivity index (χ4n) is 3.54. The lowest BCUT2D eigenvalue weighted by atomic mass is 9.98. The van der Waals surface area contributed by atoms with Crippen molar-refractivity contribution in [1.82, 2.24) is 19.3 Å². The predicted molar refractivity (Wildman–Crippen MR) is 113 cm³/mol. The first-order valence-electron chi connectivity index (χ1n) is 9.65. The zero-order chi connectivity index (χ0) is 21.1. The first-order valence-corrected chi connectivity index (χ1v) is 11.5. The summed E-state index contributed by atoms with van der Waals surface area (Å²) in [6.45, 7) is 0.848. The van der Waals surface area contributed by atoms with Gasteiger partial charge in [0.1, 0.15) is 17.5 Å². The molecule has 1 aliphatic rings. The van der Waals surface area contributed by atoms with Crippen LogP contribution in [0.1, 0.15) is 24.6 Å². The fourth-order valence-corrected chi connectivity index (χ4v) is 4.45. The summed E-state index contributed by atoms with van der Waals surface area (Å²) in [4.78, 5) is 13.5. The second kappa shape index (κ2) is 8.45. The third-order valence-electron chi connectivity index (χ3n) is 5.02. The number of halogens is 1. The van der Waals surface area contributed by atoms with E-state index in [0.717, 1.165) is 18.4 Å². The minimum absolute atomic E-state index is 0.127. The lowest BCUT2D eigenvalue weighted by molar-refractivity contribution is 0.311. The lowest BCUT2D eigenvalue weighted by Crippen LogP contribution is -2.38. The van der Waals surface area contributed by atoms with Gasteiger partial charge < -0.3 is 5.32 Å². The highest BCUT2D eigenvalue weighted by Gasteiger charge is 2.29. The number of piperidine rings is 1. The predicted octanol–water partition coefficient (Wildman–Crippen LogP) is 3.56. The molecule has 0 saturated carbocycles. The Morgan fingerprint density at radius 2 is 2.03 bits per heavy atom. The number of nitrogens with one attached hydrogen (secondary N) is 1. The van der Waals surface area contributed by atoms with Crippen LogP contribution in [0.25, 0.3) is 11.3 Å². The van der Waals surface area contributed by atoms with Crippen molar-refractivity contribution in [2.24, 2.45) is 0 Å². The van der Waals surface area contributed by atoms with E-state index in [0.29, 0.717) is 36.1 Å². The Kier molecular flexibility index (Phi) is 5.74. The highest BCUT2D eigenvalue weighted by atomic mass is 32.2. The Labute approximate surface area is 175 Å². The molecule has 1 atom stereocenters. The Hall–Kier alpha value is -2.91. The molecule has 1 unspecified atom stereocenters. The van der Waals surface area contributed by atoms with Gasteiger partial charge in [-0.1, -0.05) is 6.07 Å². The van der Waals surface area contributed by atoms with Gasteiger partial charge >= 0.3 is 0 Å². The largest absolute Gasteiger partial charge is 0.340 e. The summed E-state index contributed by atoms with van der Waals surface area (Å²) in [5.41, 5.74) is 2.06. The van der Waals surface area contributed by atoms with Crippen molar-refractivity contribution in [3.05, 3.63) is 66.5 Å². The summed E-state index contributed by atoms with van der Waals surface area (Å²) in [6.07, 6.45) is 6.15. The van der Waals surface area contributed by atoms with E-state index in [1.807, 2.05) is 12.1 Å². The fraction of sp³-hybridized carbons (Fsp3) is 0.286. The number of pyridine rings is 1. The lowest BCUT2D eigenvalue weighted by Gasteiger charge is -2.30. The molecule has 7 nitrogen and oxygen atoms in total. The quantitative estimate of drug-likeness (QED) is 0.670. The SMILES string of the molecule is CS(=O)(=O)N1CCCC(c2nc(Nc3cccc(F)c3)cc(-c3cccnc3)n2)C1. The van der Waals surface area contributed by atoms with E-state index in [1.54, 1.807) is 30.6 Å². The van der Waals surface area contributed by atoms with Crippen LogP contribution in [0.3, 0.4) is 0 Å². The van der Waals surface area contributed by atoms with E-state index in [1.165, 1.54) is 22.7 Å². The van der Waals surface area contributed by atoms with Crippen molar-refractivity contribution < 1.29 is 12.8 Å². The van der Waals surface area contributed by atoms with E-state index in [4.69, 9.17) is 4.98 Å². The second-order valence-electron chi connectivity index (χ2n) is 7.33. The zero-order valence-corrected chi connectivity index (χ0v) is 17.3. The number of aromatic nitrogens is 3. The maximum absolute atomic E-state index is 13.6. The number of nitrogens with zero attached hydrogens (tertiary/aromatic N) is 4. The van der Waals surface area contributed by atoms with Gasteiger partial charge in [-0.25, -0.2) is 27.1 Å². The van der Waals surface area contributed by atoms with Crippen LogP contribution >= 0.6 is 0 Å². The average Bonchev–Trinajstić information content (AvgIpc) is 2.74. The zero-order valence-electron chi connectivity index (χ0n) is 16.5. The molecule has 30 heavy (non-hydrogen) atoms. The molecule has 1 N–H and O–H groups in total. The molecule has 156 valence electrons. The number of rotatable bonds is 5. The second-order valence-corrected chi connectivity index (χ2v) is 9.32. The molecule has 1 aliphatic heterocycles. The third-order valence-corrected chi connectivity index (χ3v) is 6.29. The molecule has 0 bridgehead atoms. The van der Waals surface area contributed by atoms with Gasteiger partial charge in [0.05, 0.1) is 11.9 Å². The van der Waals surface area contributed by atoms with E-state index in [-0.39, 0.29) is 11.7 Å². The van der Waals surface area contributed by atoms with Crippen LogP contribution in [0.2, 0.25) is 0 Å². The summed E-state index contributed by atoms with van der Waals surface area (Å²) in [5, 5.41) is 3.13. The van der Waals surface area contributed by atoms with Crippen molar-refractivity contribution in [2.45, 2.75) is 18.8 Å². The normalized spacial score (nSPS) is 17.6. The van der Waals surface area contributed by atoms with Crippen LogP contribution in [0.4, 0.5) is 15.9 Å². The van der Waals surface area contributed by atoms with Gasteiger partial charge in [-0.15, -0.1) is 0 Å².